The van der Waals surface area contributed by atoms with Crippen LogP contribution in [0.5, 0.6) is 0 Å². The minimum atomic E-state index is -0.261. The van der Waals surface area contributed by atoms with Crippen molar-refractivity contribution in [3.63, 3.8) is 0 Å². The molecule has 1 saturated carbocycles. The van der Waals surface area contributed by atoms with Crippen molar-refractivity contribution in [2.45, 2.75) is 45.4 Å². The van der Waals surface area contributed by atoms with Crippen LogP contribution in [0.4, 0.5) is 5.82 Å². The van der Waals surface area contributed by atoms with E-state index in [1.165, 1.54) is 32.1 Å². The highest BCUT2D eigenvalue weighted by molar-refractivity contribution is 6.08. The van der Waals surface area contributed by atoms with E-state index in [0.29, 0.717) is 28.8 Å². The van der Waals surface area contributed by atoms with Gasteiger partial charge in [-0.25, -0.2) is 0 Å². The van der Waals surface area contributed by atoms with Gasteiger partial charge < -0.3 is 9.84 Å². The van der Waals surface area contributed by atoms with Crippen molar-refractivity contribution >= 4 is 11.7 Å². The van der Waals surface area contributed by atoms with Gasteiger partial charge in [0.15, 0.2) is 11.6 Å². The average molecular weight is 364 g/mol. The van der Waals surface area contributed by atoms with Gasteiger partial charge >= 0.3 is 0 Å². The van der Waals surface area contributed by atoms with E-state index in [4.69, 9.17) is 4.52 Å². The zero-order chi connectivity index (χ0) is 18.6. The van der Waals surface area contributed by atoms with E-state index in [-0.39, 0.29) is 5.91 Å². The number of anilines is 1. The second-order valence-corrected chi connectivity index (χ2v) is 7.28. The van der Waals surface area contributed by atoms with Gasteiger partial charge in [-0.05, 0) is 19.3 Å². The lowest BCUT2D eigenvalue weighted by molar-refractivity contribution is 0.102. The van der Waals surface area contributed by atoms with Crippen molar-refractivity contribution in [2.75, 3.05) is 5.32 Å². The first-order valence-corrected chi connectivity index (χ1v) is 9.58. The summed E-state index contributed by atoms with van der Waals surface area (Å²) in [4.78, 5) is 12.8. The van der Waals surface area contributed by atoms with Gasteiger partial charge in [-0.1, -0.05) is 67.6 Å². The SMILES string of the molecule is Cc1noc(-c2ccccc2)c1C(=O)Nc1cc(CC2CCCCC2)[nH]n1. The molecule has 0 atom stereocenters. The lowest BCUT2D eigenvalue weighted by Gasteiger charge is -2.20. The van der Waals surface area contributed by atoms with Crippen LogP contribution in [0.1, 0.15) is 53.8 Å². The Morgan fingerprint density at radius 3 is 2.78 bits per heavy atom. The summed E-state index contributed by atoms with van der Waals surface area (Å²) >= 11 is 0. The number of aromatic nitrogens is 3. The minimum absolute atomic E-state index is 0.261. The second-order valence-electron chi connectivity index (χ2n) is 7.28. The van der Waals surface area contributed by atoms with Gasteiger partial charge in [-0.3, -0.25) is 9.89 Å². The standard InChI is InChI=1S/C21H24N4O2/c1-14-19(20(27-25-14)16-10-6-3-7-11-16)21(26)22-18-13-17(23-24-18)12-15-8-4-2-5-9-15/h3,6-7,10-11,13,15H,2,4-5,8-9,12H2,1H3,(H2,22,23,24,26). The molecule has 1 aromatic carbocycles. The van der Waals surface area contributed by atoms with E-state index in [0.717, 1.165) is 17.7 Å². The number of benzene rings is 1. The fraction of sp³-hybridized carbons (Fsp3) is 0.381. The van der Waals surface area contributed by atoms with Crippen molar-refractivity contribution in [1.82, 2.24) is 15.4 Å². The fourth-order valence-electron chi connectivity index (χ4n) is 3.83. The Bertz CT molecular complexity index is 907. The van der Waals surface area contributed by atoms with Crippen LogP contribution in [0.25, 0.3) is 11.3 Å². The lowest BCUT2D eigenvalue weighted by Crippen LogP contribution is -2.13. The lowest BCUT2D eigenvalue weighted by atomic mass is 9.86. The predicted molar refractivity (Wildman–Crippen MR) is 103 cm³/mol. The molecule has 2 heterocycles. The molecule has 2 N–H and O–H groups in total. The molecule has 1 aliphatic carbocycles. The number of H-pyrrole nitrogens is 1. The molecule has 27 heavy (non-hydrogen) atoms. The van der Waals surface area contributed by atoms with Crippen LogP contribution in [-0.4, -0.2) is 21.3 Å². The summed E-state index contributed by atoms with van der Waals surface area (Å²) in [6.45, 7) is 1.77. The number of nitrogens with zero attached hydrogens (tertiary/aromatic N) is 2. The van der Waals surface area contributed by atoms with Crippen LogP contribution in [0.3, 0.4) is 0 Å². The van der Waals surface area contributed by atoms with Gasteiger partial charge in [0.2, 0.25) is 0 Å². The molecular formula is C21H24N4O2. The van der Waals surface area contributed by atoms with E-state index < -0.39 is 0 Å². The Morgan fingerprint density at radius 2 is 2.00 bits per heavy atom. The van der Waals surface area contributed by atoms with E-state index in [1.54, 1.807) is 6.92 Å². The maximum Gasteiger partial charge on any atom is 0.262 e. The summed E-state index contributed by atoms with van der Waals surface area (Å²) in [6, 6.07) is 11.4. The van der Waals surface area contributed by atoms with Gasteiger partial charge in [-0.15, -0.1) is 0 Å². The maximum absolute atomic E-state index is 12.8. The van der Waals surface area contributed by atoms with Crippen molar-refractivity contribution in [2.24, 2.45) is 5.92 Å². The number of carbonyl (C=O) groups excluding carboxylic acids is 1. The first-order valence-electron chi connectivity index (χ1n) is 9.58. The Labute approximate surface area is 158 Å². The molecule has 0 aliphatic heterocycles. The summed E-state index contributed by atoms with van der Waals surface area (Å²) in [5, 5.41) is 14.2. The third-order valence-electron chi connectivity index (χ3n) is 5.23. The summed E-state index contributed by atoms with van der Waals surface area (Å²) in [5.41, 5.74) is 2.90. The Morgan fingerprint density at radius 1 is 1.22 bits per heavy atom. The normalized spacial score (nSPS) is 15.0. The predicted octanol–water partition coefficient (Wildman–Crippen LogP) is 4.75. The Kier molecular flexibility index (Phi) is 5.05. The van der Waals surface area contributed by atoms with Gasteiger partial charge in [0.05, 0.1) is 5.69 Å². The van der Waals surface area contributed by atoms with Crippen LogP contribution in [-0.2, 0) is 6.42 Å². The van der Waals surface area contributed by atoms with E-state index in [2.05, 4.69) is 20.7 Å². The number of carbonyl (C=O) groups is 1. The second kappa shape index (κ2) is 7.78. The molecule has 0 spiro atoms. The summed E-state index contributed by atoms with van der Waals surface area (Å²) < 4.78 is 5.41. The van der Waals surface area contributed by atoms with Crippen LogP contribution in [0.2, 0.25) is 0 Å². The molecule has 140 valence electrons. The van der Waals surface area contributed by atoms with Crippen molar-refractivity contribution in [3.05, 3.63) is 53.3 Å². The fourth-order valence-corrected chi connectivity index (χ4v) is 3.83. The molecule has 0 bridgehead atoms. The smallest absolute Gasteiger partial charge is 0.262 e. The third-order valence-corrected chi connectivity index (χ3v) is 5.23. The van der Waals surface area contributed by atoms with Crippen molar-refractivity contribution in [1.29, 1.82) is 0 Å². The highest BCUT2D eigenvalue weighted by atomic mass is 16.5. The van der Waals surface area contributed by atoms with Gasteiger partial charge in [-0.2, -0.15) is 5.10 Å². The minimum Gasteiger partial charge on any atom is -0.355 e. The molecule has 6 heteroatoms. The van der Waals surface area contributed by atoms with Crippen LogP contribution >= 0.6 is 0 Å². The number of nitrogens with one attached hydrogen (secondary N) is 2. The summed E-state index contributed by atoms with van der Waals surface area (Å²) in [6.07, 6.45) is 7.53. The van der Waals surface area contributed by atoms with E-state index in [9.17, 15) is 4.79 Å². The summed E-state index contributed by atoms with van der Waals surface area (Å²) in [7, 11) is 0. The van der Waals surface area contributed by atoms with Crippen molar-refractivity contribution in [3.8, 4) is 11.3 Å². The molecule has 0 radical (unpaired) electrons. The topological polar surface area (TPSA) is 83.8 Å². The number of hydrogen-bond acceptors (Lipinski definition) is 4. The van der Waals surface area contributed by atoms with Crippen LogP contribution in [0.15, 0.2) is 40.9 Å². The van der Waals surface area contributed by atoms with E-state index >= 15 is 0 Å². The number of hydrogen-bond donors (Lipinski definition) is 2. The van der Waals surface area contributed by atoms with Crippen LogP contribution in [0, 0.1) is 12.8 Å². The number of aryl methyl sites for hydroxylation is 1. The molecule has 3 aromatic rings. The zero-order valence-electron chi connectivity index (χ0n) is 15.5. The Balaban J connectivity index is 1.48. The van der Waals surface area contributed by atoms with Crippen LogP contribution < -0.4 is 5.32 Å². The largest absolute Gasteiger partial charge is 0.355 e. The number of amides is 1. The quantitative estimate of drug-likeness (QED) is 0.684. The van der Waals surface area contributed by atoms with Gasteiger partial charge in [0.25, 0.3) is 5.91 Å². The first-order chi connectivity index (χ1) is 13.2. The Hall–Kier alpha value is -2.89. The average Bonchev–Trinajstić information content (AvgIpc) is 3.29. The van der Waals surface area contributed by atoms with Gasteiger partial charge in [0, 0.05) is 17.3 Å². The van der Waals surface area contributed by atoms with Crippen molar-refractivity contribution < 1.29 is 9.32 Å². The maximum atomic E-state index is 12.8. The summed E-state index contributed by atoms with van der Waals surface area (Å²) in [5.74, 6) is 1.46. The first kappa shape index (κ1) is 17.5. The zero-order valence-corrected chi connectivity index (χ0v) is 15.5. The number of aromatic amines is 1. The molecule has 0 saturated heterocycles. The molecule has 1 amide bonds. The highest BCUT2D eigenvalue weighted by Gasteiger charge is 2.23. The van der Waals surface area contributed by atoms with E-state index in [1.807, 2.05) is 36.4 Å². The van der Waals surface area contributed by atoms with Gasteiger partial charge in [0.1, 0.15) is 5.56 Å². The number of rotatable bonds is 5. The monoisotopic (exact) mass is 364 g/mol. The molecule has 2 aromatic heterocycles. The third kappa shape index (κ3) is 3.94. The molecule has 0 unspecified atom stereocenters. The highest BCUT2D eigenvalue weighted by Crippen LogP contribution is 2.28. The molecule has 6 nitrogen and oxygen atoms in total. The molecule has 1 aliphatic rings. The molecular weight excluding hydrogens is 340 g/mol. The molecule has 4 rings (SSSR count). The molecule has 1 fully saturated rings.